The summed E-state index contributed by atoms with van der Waals surface area (Å²) >= 11 is 0. The molecule has 1 aromatic carbocycles. The van der Waals surface area contributed by atoms with Crippen LogP contribution in [0.2, 0.25) is 0 Å². The summed E-state index contributed by atoms with van der Waals surface area (Å²) in [5.74, 6) is 1.01. The lowest BCUT2D eigenvalue weighted by Gasteiger charge is -2.28. The molecule has 1 atom stereocenters. The number of ether oxygens (including phenoxy) is 1. The number of hydrogen-bond acceptors (Lipinski definition) is 4. The van der Waals surface area contributed by atoms with Crippen LogP contribution in [-0.2, 0) is 16.0 Å². The Balaban J connectivity index is 1.62. The van der Waals surface area contributed by atoms with Gasteiger partial charge in [-0.3, -0.25) is 9.69 Å². The van der Waals surface area contributed by atoms with E-state index in [2.05, 4.69) is 29.3 Å². The summed E-state index contributed by atoms with van der Waals surface area (Å²) in [7, 11) is 1.68. The van der Waals surface area contributed by atoms with Gasteiger partial charge in [0.05, 0.1) is 13.3 Å². The Hall–Kier alpha value is -2.11. The number of amides is 1. The van der Waals surface area contributed by atoms with Crippen molar-refractivity contribution >= 4 is 11.6 Å². The van der Waals surface area contributed by atoms with Gasteiger partial charge in [0.1, 0.15) is 5.76 Å². The van der Waals surface area contributed by atoms with E-state index in [4.69, 9.17) is 4.74 Å². The van der Waals surface area contributed by atoms with Gasteiger partial charge in [0.25, 0.3) is 0 Å². The zero-order valence-corrected chi connectivity index (χ0v) is 15.1. The van der Waals surface area contributed by atoms with E-state index < -0.39 is 0 Å². The van der Waals surface area contributed by atoms with E-state index in [0.717, 1.165) is 37.5 Å². The van der Waals surface area contributed by atoms with Crippen LogP contribution in [0.3, 0.4) is 0 Å². The highest BCUT2D eigenvalue weighted by atomic mass is 16.5. The van der Waals surface area contributed by atoms with Crippen molar-refractivity contribution in [2.45, 2.75) is 25.9 Å². The predicted molar refractivity (Wildman–Crippen MR) is 100 cm³/mol. The lowest BCUT2D eigenvalue weighted by Crippen LogP contribution is -2.35. The molecule has 0 spiro atoms. The fraction of sp³-hybridized carbons (Fsp3) is 0.450. The average Bonchev–Trinajstić information content (AvgIpc) is 3.04. The van der Waals surface area contributed by atoms with Crippen molar-refractivity contribution in [3.8, 4) is 0 Å². The van der Waals surface area contributed by atoms with Crippen LogP contribution in [0.1, 0.15) is 18.9 Å². The summed E-state index contributed by atoms with van der Waals surface area (Å²) in [6.07, 6.45) is 7.87. The summed E-state index contributed by atoms with van der Waals surface area (Å²) in [5.41, 5.74) is 2.27. The number of para-hydroxylation sites is 1. The van der Waals surface area contributed by atoms with Gasteiger partial charge < -0.3 is 15.0 Å². The zero-order chi connectivity index (χ0) is 17.6. The molecule has 2 aliphatic rings. The van der Waals surface area contributed by atoms with E-state index in [-0.39, 0.29) is 5.91 Å². The average molecular weight is 341 g/mol. The molecule has 0 bridgehead atoms. The lowest BCUT2D eigenvalue weighted by molar-refractivity contribution is -0.118. The number of fused-ring (bicyclic) bond motifs is 1. The largest absolute Gasteiger partial charge is 0.497 e. The minimum atomic E-state index is 0.184. The zero-order valence-electron chi connectivity index (χ0n) is 15.1. The highest BCUT2D eigenvalue weighted by Crippen LogP contribution is 2.27. The number of aryl methyl sites for hydroxylation is 1. The van der Waals surface area contributed by atoms with Gasteiger partial charge in [-0.1, -0.05) is 24.3 Å². The number of hydrogen-bond donors (Lipinski definition) is 1. The molecule has 0 aliphatic carbocycles. The Morgan fingerprint density at radius 3 is 2.92 bits per heavy atom. The summed E-state index contributed by atoms with van der Waals surface area (Å²) in [6, 6.07) is 8.14. The van der Waals surface area contributed by atoms with Crippen molar-refractivity contribution in [1.82, 2.24) is 10.2 Å². The molecule has 0 aromatic heterocycles. The lowest BCUT2D eigenvalue weighted by atomic mass is 10.0. The summed E-state index contributed by atoms with van der Waals surface area (Å²) in [6.45, 7) is 5.68. The molecule has 0 saturated carbocycles. The molecule has 0 radical (unpaired) electrons. The number of methoxy groups -OCH3 is 1. The molecule has 2 aliphatic heterocycles. The SMILES string of the molecule is COC(/C=C/CN1C(=O)CCc2ccccc21)=C/CN1CCNC1C. The number of benzene rings is 1. The number of carbonyl (C=O) groups excluding carboxylic acids is 1. The second-order valence-corrected chi connectivity index (χ2v) is 6.47. The van der Waals surface area contributed by atoms with E-state index in [1.54, 1.807) is 7.11 Å². The van der Waals surface area contributed by atoms with Gasteiger partial charge in [0.15, 0.2) is 0 Å². The summed E-state index contributed by atoms with van der Waals surface area (Å²) in [4.78, 5) is 16.5. The molecule has 5 heteroatoms. The van der Waals surface area contributed by atoms with Gasteiger partial charge in [-0.25, -0.2) is 0 Å². The first-order chi connectivity index (χ1) is 12.2. The Morgan fingerprint density at radius 1 is 1.32 bits per heavy atom. The van der Waals surface area contributed by atoms with Crippen LogP contribution in [0.15, 0.2) is 48.3 Å². The number of allylic oxidation sites excluding steroid dienone is 1. The molecule has 1 aromatic rings. The maximum atomic E-state index is 12.3. The number of nitrogens with zero attached hydrogens (tertiary/aromatic N) is 2. The van der Waals surface area contributed by atoms with Crippen LogP contribution >= 0.6 is 0 Å². The van der Waals surface area contributed by atoms with Crippen molar-refractivity contribution in [2.24, 2.45) is 0 Å². The minimum absolute atomic E-state index is 0.184. The van der Waals surface area contributed by atoms with E-state index in [1.807, 2.05) is 35.3 Å². The molecule has 1 amide bonds. The van der Waals surface area contributed by atoms with Crippen LogP contribution in [-0.4, -0.2) is 50.3 Å². The van der Waals surface area contributed by atoms with Gasteiger partial charge >= 0.3 is 0 Å². The fourth-order valence-corrected chi connectivity index (χ4v) is 3.39. The van der Waals surface area contributed by atoms with E-state index in [0.29, 0.717) is 19.1 Å². The maximum absolute atomic E-state index is 12.3. The number of anilines is 1. The van der Waals surface area contributed by atoms with Crippen LogP contribution in [0.25, 0.3) is 0 Å². The van der Waals surface area contributed by atoms with Gasteiger partial charge in [0.2, 0.25) is 5.91 Å². The molecule has 1 saturated heterocycles. The molecule has 134 valence electrons. The second-order valence-electron chi connectivity index (χ2n) is 6.47. The Bertz CT molecular complexity index is 669. The first-order valence-corrected chi connectivity index (χ1v) is 8.95. The molecule has 3 rings (SSSR count). The van der Waals surface area contributed by atoms with Gasteiger partial charge in [0, 0.05) is 38.3 Å². The van der Waals surface area contributed by atoms with Crippen LogP contribution in [0.5, 0.6) is 0 Å². The third-order valence-corrected chi connectivity index (χ3v) is 4.91. The summed E-state index contributed by atoms with van der Waals surface area (Å²) < 4.78 is 5.45. The molecular weight excluding hydrogens is 314 g/mol. The first-order valence-electron chi connectivity index (χ1n) is 8.95. The topological polar surface area (TPSA) is 44.8 Å². The highest BCUT2D eigenvalue weighted by Gasteiger charge is 2.22. The Morgan fingerprint density at radius 2 is 2.16 bits per heavy atom. The van der Waals surface area contributed by atoms with Crippen molar-refractivity contribution in [1.29, 1.82) is 0 Å². The first kappa shape index (κ1) is 17.7. The van der Waals surface area contributed by atoms with E-state index in [9.17, 15) is 4.79 Å². The quantitative estimate of drug-likeness (QED) is 0.637. The molecule has 1 unspecified atom stereocenters. The molecular formula is C20H27N3O2. The number of nitrogens with one attached hydrogen (secondary N) is 1. The van der Waals surface area contributed by atoms with Crippen LogP contribution < -0.4 is 10.2 Å². The molecule has 5 nitrogen and oxygen atoms in total. The maximum Gasteiger partial charge on any atom is 0.227 e. The molecule has 1 N–H and O–H groups in total. The van der Waals surface area contributed by atoms with Gasteiger partial charge in [-0.05, 0) is 37.1 Å². The number of carbonyl (C=O) groups is 1. The molecule has 25 heavy (non-hydrogen) atoms. The Kier molecular flexibility index (Phi) is 5.89. The van der Waals surface area contributed by atoms with Crippen molar-refractivity contribution in [3.63, 3.8) is 0 Å². The fourth-order valence-electron chi connectivity index (χ4n) is 3.39. The monoisotopic (exact) mass is 341 g/mol. The smallest absolute Gasteiger partial charge is 0.227 e. The van der Waals surface area contributed by atoms with Crippen molar-refractivity contribution in [2.75, 3.05) is 38.2 Å². The summed E-state index contributed by atoms with van der Waals surface area (Å²) in [5, 5.41) is 3.41. The molecule has 2 heterocycles. The standard InChI is InChI=1S/C20H27N3O2/c1-16-21-12-15-22(16)14-11-18(25-2)7-5-13-23-19-8-4-3-6-17(19)9-10-20(23)24/h3-8,11,16,21H,9-10,12-15H2,1-2H3/b7-5+,18-11+. The third-order valence-electron chi connectivity index (χ3n) is 4.91. The van der Waals surface area contributed by atoms with Crippen molar-refractivity contribution in [3.05, 3.63) is 53.8 Å². The third kappa shape index (κ3) is 4.30. The molecule has 1 fully saturated rings. The minimum Gasteiger partial charge on any atom is -0.497 e. The Labute approximate surface area is 149 Å². The normalized spacial score (nSPS) is 21.8. The van der Waals surface area contributed by atoms with Crippen molar-refractivity contribution < 1.29 is 9.53 Å². The van der Waals surface area contributed by atoms with Crippen LogP contribution in [0, 0.1) is 0 Å². The van der Waals surface area contributed by atoms with Gasteiger partial charge in [-0.15, -0.1) is 0 Å². The highest BCUT2D eigenvalue weighted by molar-refractivity contribution is 5.96. The van der Waals surface area contributed by atoms with Crippen LogP contribution in [0.4, 0.5) is 5.69 Å². The van der Waals surface area contributed by atoms with E-state index in [1.165, 1.54) is 5.56 Å². The second kappa shape index (κ2) is 8.32. The van der Waals surface area contributed by atoms with E-state index >= 15 is 0 Å². The van der Waals surface area contributed by atoms with Gasteiger partial charge in [-0.2, -0.15) is 0 Å². The number of rotatable bonds is 6. The predicted octanol–water partition coefficient (Wildman–Crippen LogP) is 2.30.